The number of aryl methyl sites for hydroxylation is 1. The first-order valence-electron chi connectivity index (χ1n) is 6.85. The predicted octanol–water partition coefficient (Wildman–Crippen LogP) is 3.35. The predicted molar refractivity (Wildman–Crippen MR) is 71.0 cm³/mol. The second-order valence-electron chi connectivity index (χ2n) is 5.16. The van der Waals surface area contributed by atoms with Crippen LogP contribution in [0.5, 0.6) is 0 Å². The first kappa shape index (κ1) is 14.4. The lowest BCUT2D eigenvalue weighted by Gasteiger charge is -2.27. The summed E-state index contributed by atoms with van der Waals surface area (Å²) in [4.78, 5) is 0. The van der Waals surface area contributed by atoms with Gasteiger partial charge in [0.1, 0.15) is 0 Å². The number of benzene rings is 1. The molecule has 0 amide bonds. The Morgan fingerprint density at radius 1 is 1.37 bits per heavy atom. The fourth-order valence-electron chi connectivity index (χ4n) is 2.80. The second-order valence-corrected chi connectivity index (χ2v) is 5.16. The molecule has 1 fully saturated rings. The third-order valence-corrected chi connectivity index (χ3v) is 3.93. The van der Waals surface area contributed by atoms with Crippen LogP contribution in [0.4, 0.5) is 8.78 Å². The molecule has 1 aliphatic rings. The summed E-state index contributed by atoms with van der Waals surface area (Å²) in [7, 11) is 0. The number of halogens is 2. The first-order valence-corrected chi connectivity index (χ1v) is 6.85. The lowest BCUT2D eigenvalue weighted by atomic mass is 9.87. The molecule has 1 aliphatic heterocycles. The van der Waals surface area contributed by atoms with Crippen LogP contribution in [0.25, 0.3) is 0 Å². The molecule has 106 valence electrons. The van der Waals surface area contributed by atoms with E-state index in [1.54, 1.807) is 19.1 Å². The van der Waals surface area contributed by atoms with Crippen molar-refractivity contribution in [1.29, 1.82) is 0 Å². The van der Waals surface area contributed by atoms with Crippen LogP contribution in [-0.2, 0) is 4.74 Å². The Balaban J connectivity index is 2.36. The lowest BCUT2D eigenvalue weighted by molar-refractivity contribution is 0.0950. The molecule has 1 aromatic rings. The van der Waals surface area contributed by atoms with Gasteiger partial charge in [-0.25, -0.2) is 8.78 Å². The zero-order chi connectivity index (χ0) is 14.0. The summed E-state index contributed by atoms with van der Waals surface area (Å²) in [5, 5.41) is 3.27. The van der Waals surface area contributed by atoms with Gasteiger partial charge in [0.05, 0.1) is 6.10 Å². The summed E-state index contributed by atoms with van der Waals surface area (Å²) in [5.74, 6) is -1.30. The molecule has 0 saturated carbocycles. The summed E-state index contributed by atoms with van der Waals surface area (Å²) in [5.41, 5.74) is 0.750. The summed E-state index contributed by atoms with van der Waals surface area (Å²) in [6.07, 6.45) is 0.932. The van der Waals surface area contributed by atoms with E-state index in [4.69, 9.17) is 4.74 Å². The molecule has 1 aromatic carbocycles. The van der Waals surface area contributed by atoms with E-state index in [1.165, 1.54) is 0 Å². The Morgan fingerprint density at radius 3 is 2.68 bits per heavy atom. The smallest absolute Gasteiger partial charge is 0.163 e. The Labute approximate surface area is 113 Å². The highest BCUT2D eigenvalue weighted by atomic mass is 19.2. The van der Waals surface area contributed by atoms with E-state index in [0.717, 1.165) is 6.42 Å². The zero-order valence-electron chi connectivity index (χ0n) is 11.7. The fourth-order valence-corrected chi connectivity index (χ4v) is 2.80. The molecule has 2 nitrogen and oxygen atoms in total. The number of rotatable bonds is 4. The molecule has 1 heterocycles. The van der Waals surface area contributed by atoms with Crippen LogP contribution >= 0.6 is 0 Å². The van der Waals surface area contributed by atoms with E-state index in [0.29, 0.717) is 24.3 Å². The maximum atomic E-state index is 14.2. The number of hydrogen-bond acceptors (Lipinski definition) is 2. The van der Waals surface area contributed by atoms with Crippen LogP contribution in [0.15, 0.2) is 12.1 Å². The van der Waals surface area contributed by atoms with Crippen molar-refractivity contribution in [3.63, 3.8) is 0 Å². The molecule has 4 heteroatoms. The van der Waals surface area contributed by atoms with Crippen molar-refractivity contribution < 1.29 is 13.5 Å². The Morgan fingerprint density at radius 2 is 2.11 bits per heavy atom. The minimum absolute atomic E-state index is 0.0628. The Hall–Kier alpha value is -1.00. The van der Waals surface area contributed by atoms with E-state index in [2.05, 4.69) is 5.32 Å². The van der Waals surface area contributed by atoms with Gasteiger partial charge in [0.15, 0.2) is 11.6 Å². The van der Waals surface area contributed by atoms with Crippen molar-refractivity contribution in [2.75, 3.05) is 13.2 Å². The molecule has 3 unspecified atom stereocenters. The molecule has 19 heavy (non-hydrogen) atoms. The maximum Gasteiger partial charge on any atom is 0.163 e. The summed E-state index contributed by atoms with van der Waals surface area (Å²) in [6.45, 7) is 6.93. The van der Waals surface area contributed by atoms with Crippen LogP contribution in [0.2, 0.25) is 0 Å². The van der Waals surface area contributed by atoms with Crippen molar-refractivity contribution in [3.05, 3.63) is 34.9 Å². The third-order valence-electron chi connectivity index (χ3n) is 3.93. The van der Waals surface area contributed by atoms with E-state index < -0.39 is 11.6 Å². The highest BCUT2D eigenvalue weighted by Crippen LogP contribution is 2.35. The summed E-state index contributed by atoms with van der Waals surface area (Å²) in [6, 6.07) is 3.13. The summed E-state index contributed by atoms with van der Waals surface area (Å²) < 4.78 is 33.5. The van der Waals surface area contributed by atoms with Crippen LogP contribution in [0.1, 0.15) is 37.4 Å². The molecule has 0 spiro atoms. The van der Waals surface area contributed by atoms with Crippen LogP contribution in [-0.4, -0.2) is 19.3 Å². The van der Waals surface area contributed by atoms with Gasteiger partial charge in [-0.3, -0.25) is 0 Å². The SMILES string of the molecule is CCNC(c1ccc(C)c(F)c1F)C1CCOC1C. The molecule has 2 rings (SSSR count). The van der Waals surface area contributed by atoms with Gasteiger partial charge < -0.3 is 10.1 Å². The normalized spacial score (nSPS) is 24.7. The average molecular weight is 269 g/mol. The minimum Gasteiger partial charge on any atom is -0.378 e. The molecular weight excluding hydrogens is 248 g/mol. The van der Waals surface area contributed by atoms with E-state index in [9.17, 15) is 8.78 Å². The number of nitrogens with one attached hydrogen (secondary N) is 1. The van der Waals surface area contributed by atoms with Gasteiger partial charge in [-0.15, -0.1) is 0 Å². The molecule has 3 atom stereocenters. The average Bonchev–Trinajstić information content (AvgIpc) is 2.80. The van der Waals surface area contributed by atoms with Gasteiger partial charge in [-0.1, -0.05) is 19.1 Å². The molecule has 0 aromatic heterocycles. The van der Waals surface area contributed by atoms with Gasteiger partial charge >= 0.3 is 0 Å². The zero-order valence-corrected chi connectivity index (χ0v) is 11.7. The molecular formula is C15H21F2NO. The minimum atomic E-state index is -0.744. The monoisotopic (exact) mass is 269 g/mol. The molecule has 0 radical (unpaired) electrons. The second kappa shape index (κ2) is 5.97. The van der Waals surface area contributed by atoms with Crippen molar-refractivity contribution in [1.82, 2.24) is 5.32 Å². The van der Waals surface area contributed by atoms with E-state index in [1.807, 2.05) is 13.8 Å². The quantitative estimate of drug-likeness (QED) is 0.905. The van der Waals surface area contributed by atoms with Crippen LogP contribution < -0.4 is 5.32 Å². The molecule has 0 aliphatic carbocycles. The fraction of sp³-hybridized carbons (Fsp3) is 0.600. The highest BCUT2D eigenvalue weighted by molar-refractivity contribution is 5.28. The molecule has 1 saturated heterocycles. The maximum absolute atomic E-state index is 14.2. The molecule has 0 bridgehead atoms. The summed E-state index contributed by atoms with van der Waals surface area (Å²) >= 11 is 0. The van der Waals surface area contributed by atoms with E-state index >= 15 is 0 Å². The van der Waals surface area contributed by atoms with Gasteiger partial charge in [0.2, 0.25) is 0 Å². The van der Waals surface area contributed by atoms with Crippen LogP contribution in [0, 0.1) is 24.5 Å². The standard InChI is InChI=1S/C15H21F2NO/c1-4-18-15(11-7-8-19-10(11)3)12-6-5-9(2)13(16)14(12)17/h5-6,10-11,15,18H,4,7-8H2,1-3H3. The number of ether oxygens (including phenoxy) is 1. The highest BCUT2D eigenvalue weighted by Gasteiger charge is 2.34. The van der Waals surface area contributed by atoms with Crippen LogP contribution in [0.3, 0.4) is 0 Å². The van der Waals surface area contributed by atoms with Crippen molar-refractivity contribution in [2.24, 2.45) is 5.92 Å². The van der Waals surface area contributed by atoms with E-state index in [-0.39, 0.29) is 18.1 Å². The van der Waals surface area contributed by atoms with Gasteiger partial charge in [0, 0.05) is 24.1 Å². The Bertz CT molecular complexity index is 450. The largest absolute Gasteiger partial charge is 0.378 e. The third kappa shape index (κ3) is 2.79. The molecule has 1 N–H and O–H groups in total. The van der Waals surface area contributed by atoms with Crippen molar-refractivity contribution in [3.8, 4) is 0 Å². The topological polar surface area (TPSA) is 21.3 Å². The Kier molecular flexibility index (Phi) is 4.53. The van der Waals surface area contributed by atoms with Gasteiger partial charge in [-0.05, 0) is 32.4 Å². The lowest BCUT2D eigenvalue weighted by Crippen LogP contribution is -2.32. The number of hydrogen-bond donors (Lipinski definition) is 1. The van der Waals surface area contributed by atoms with Crippen molar-refractivity contribution in [2.45, 2.75) is 39.3 Å². The van der Waals surface area contributed by atoms with Gasteiger partial charge in [-0.2, -0.15) is 0 Å². The van der Waals surface area contributed by atoms with Crippen molar-refractivity contribution >= 4 is 0 Å². The first-order chi connectivity index (χ1) is 9.06. The van der Waals surface area contributed by atoms with Gasteiger partial charge in [0.25, 0.3) is 0 Å².